The van der Waals surface area contributed by atoms with Crippen LogP contribution in [-0.4, -0.2) is 84.1 Å². The van der Waals surface area contributed by atoms with Crippen LogP contribution in [0.2, 0.25) is 0 Å². The molecule has 1 aromatic heterocycles. The first-order chi connectivity index (χ1) is 29.0. The van der Waals surface area contributed by atoms with Crippen LogP contribution < -0.4 is 11.1 Å². The quantitative estimate of drug-likeness (QED) is 0.0397. The molecule has 0 spiro atoms. The smallest absolute Gasteiger partial charge is 0.352 e. The predicted molar refractivity (Wildman–Crippen MR) is 225 cm³/mol. The molecular formula is C44H36N6O8S2. The number of nitrogen functional groups attached to an aromatic ring is 1. The van der Waals surface area contributed by atoms with Gasteiger partial charge in [0.25, 0.3) is 11.8 Å². The number of nitrogens with zero attached hydrogens (tertiary/aromatic N) is 4. The third kappa shape index (κ3) is 7.53. The van der Waals surface area contributed by atoms with Gasteiger partial charge in [-0.2, -0.15) is 0 Å². The van der Waals surface area contributed by atoms with Crippen LogP contribution >= 0.6 is 23.1 Å². The van der Waals surface area contributed by atoms with Crippen LogP contribution in [0.25, 0.3) is 0 Å². The molecule has 16 heteroatoms. The van der Waals surface area contributed by atoms with Gasteiger partial charge < -0.3 is 31.0 Å². The Labute approximate surface area is 351 Å². The summed E-state index contributed by atoms with van der Waals surface area (Å²) >= 11 is 2.35. The van der Waals surface area contributed by atoms with Crippen molar-refractivity contribution in [2.75, 3.05) is 18.0 Å². The number of carboxylic acid groups (broad SMARTS) is 2. The van der Waals surface area contributed by atoms with Crippen LogP contribution in [0.5, 0.6) is 0 Å². The van der Waals surface area contributed by atoms with E-state index in [4.69, 9.17) is 10.6 Å². The summed E-state index contributed by atoms with van der Waals surface area (Å²) in [7, 11) is 0. The number of hydrogen-bond acceptors (Lipinski definition) is 11. The average molecular weight is 841 g/mol. The van der Waals surface area contributed by atoms with Gasteiger partial charge in [-0.1, -0.05) is 108 Å². The molecule has 60 heavy (non-hydrogen) atoms. The van der Waals surface area contributed by atoms with Crippen molar-refractivity contribution in [3.63, 3.8) is 0 Å². The molecule has 0 aliphatic carbocycles. The minimum Gasteiger partial charge on any atom is -0.478 e. The Morgan fingerprint density at radius 2 is 1.48 bits per heavy atom. The second-order valence-corrected chi connectivity index (χ2v) is 16.1. The van der Waals surface area contributed by atoms with E-state index in [2.05, 4.69) is 15.5 Å². The van der Waals surface area contributed by atoms with Gasteiger partial charge in [0.05, 0.1) is 5.56 Å². The number of oxime groups is 1. The van der Waals surface area contributed by atoms with E-state index in [-0.39, 0.29) is 46.0 Å². The third-order valence-corrected chi connectivity index (χ3v) is 12.4. The van der Waals surface area contributed by atoms with Gasteiger partial charge in [0.1, 0.15) is 22.8 Å². The number of carboxylic acids is 2. The van der Waals surface area contributed by atoms with Gasteiger partial charge in [-0.15, -0.1) is 23.1 Å². The minimum atomic E-state index is -1.35. The number of fused-ring (bicyclic) bond motifs is 1. The molecule has 0 unspecified atom stereocenters. The first kappa shape index (κ1) is 39.8. The second-order valence-electron chi connectivity index (χ2n) is 14.1. The number of benzene rings is 4. The fourth-order valence-electron chi connectivity index (χ4n) is 7.49. The predicted octanol–water partition coefficient (Wildman–Crippen LogP) is 5.23. The molecule has 5 N–H and O–H groups in total. The summed E-state index contributed by atoms with van der Waals surface area (Å²) in [4.78, 5) is 79.1. The fourth-order valence-corrected chi connectivity index (χ4v) is 9.34. The highest BCUT2D eigenvalue weighted by Gasteiger charge is 2.54. The summed E-state index contributed by atoms with van der Waals surface area (Å²) < 4.78 is 0. The lowest BCUT2D eigenvalue weighted by atomic mass is 9.80. The summed E-state index contributed by atoms with van der Waals surface area (Å²) in [6.45, 7) is 0.633. The summed E-state index contributed by atoms with van der Waals surface area (Å²) in [5.74, 6) is -3.97. The number of β-lactam (4-membered cyclic amide) rings is 1. The lowest BCUT2D eigenvalue weighted by Crippen LogP contribution is -2.71. The second kappa shape index (κ2) is 16.7. The van der Waals surface area contributed by atoms with E-state index in [1.54, 1.807) is 22.4 Å². The molecule has 2 saturated heterocycles. The molecule has 4 heterocycles. The molecule has 8 rings (SSSR count). The Bertz CT molecular complexity index is 2480. The monoisotopic (exact) mass is 840 g/mol. The van der Waals surface area contributed by atoms with Gasteiger partial charge >= 0.3 is 11.9 Å². The zero-order valence-corrected chi connectivity index (χ0v) is 33.3. The number of anilines is 1. The lowest BCUT2D eigenvalue weighted by molar-refractivity contribution is -0.150. The van der Waals surface area contributed by atoms with Crippen molar-refractivity contribution in [1.82, 2.24) is 20.1 Å². The number of thioether (sulfide) groups is 1. The van der Waals surface area contributed by atoms with Crippen molar-refractivity contribution in [3.8, 4) is 0 Å². The highest BCUT2D eigenvalue weighted by molar-refractivity contribution is 8.00. The Balaban J connectivity index is 1.06. The van der Waals surface area contributed by atoms with Crippen LogP contribution in [0, 0.1) is 0 Å². The summed E-state index contributed by atoms with van der Waals surface area (Å²) in [5, 5.41) is 27.8. The van der Waals surface area contributed by atoms with E-state index in [0.717, 1.165) is 38.5 Å². The molecule has 302 valence electrons. The molecule has 3 aliphatic rings. The van der Waals surface area contributed by atoms with E-state index < -0.39 is 40.8 Å². The van der Waals surface area contributed by atoms with Crippen molar-refractivity contribution >= 4 is 63.6 Å². The molecule has 3 amide bonds. The van der Waals surface area contributed by atoms with E-state index in [0.29, 0.717) is 24.1 Å². The number of nitrogens with one attached hydrogen (secondary N) is 1. The molecule has 2 atom stereocenters. The van der Waals surface area contributed by atoms with E-state index in [9.17, 15) is 34.2 Å². The van der Waals surface area contributed by atoms with Gasteiger partial charge in [0, 0.05) is 46.5 Å². The number of rotatable bonds is 13. The molecule has 3 aliphatic heterocycles. The number of carbonyl (C=O) groups excluding carboxylic acids is 3. The summed E-state index contributed by atoms with van der Waals surface area (Å²) in [5.41, 5.74) is 8.03. The highest BCUT2D eigenvalue weighted by atomic mass is 32.2. The zero-order chi connectivity index (χ0) is 42.0. The zero-order valence-electron chi connectivity index (χ0n) is 31.6. The van der Waals surface area contributed by atoms with Gasteiger partial charge in [-0.25, -0.2) is 14.6 Å². The number of hydrogen-bond donors (Lipinski definition) is 4. The Kier molecular flexibility index (Phi) is 11.1. The van der Waals surface area contributed by atoms with Crippen LogP contribution in [0.1, 0.15) is 44.7 Å². The van der Waals surface area contributed by atoms with Gasteiger partial charge in [-0.05, 0) is 35.8 Å². The summed E-state index contributed by atoms with van der Waals surface area (Å²) in [6, 6.07) is 33.4. The standard InChI is InChI=1S/C44H36N6O8S2/c45-43-46-33(25-60-43)34(48-58-44(30-10-4-1-5-11-30,31-12-6-2-7-13-31)32-14-8-3-9-15-32)37(51)47-35-39(53)50-36(42(56)57)29(24-59-40(35)50)22-28-20-21-49(38(28)52)23-26-16-18-27(19-17-26)41(54)55/h1-19,22,25,35,40H,20-21,23-24H2,(H2,45,46)(H,47,51)(H,54,55)(H,56,57)/b28-22+,48-34-/t35-,40-/m1/s1. The Morgan fingerprint density at radius 1 is 0.883 bits per heavy atom. The molecule has 0 saturated carbocycles. The topological polar surface area (TPSA) is 205 Å². The van der Waals surface area contributed by atoms with Crippen LogP contribution in [0.4, 0.5) is 5.13 Å². The first-order valence-corrected chi connectivity index (χ1v) is 20.7. The maximum Gasteiger partial charge on any atom is 0.352 e. The molecule has 0 bridgehead atoms. The normalized spacial score (nSPS) is 18.6. The molecule has 0 radical (unpaired) electrons. The van der Waals surface area contributed by atoms with Gasteiger partial charge in [0.2, 0.25) is 11.5 Å². The number of aliphatic carboxylic acids is 1. The van der Waals surface area contributed by atoms with Crippen molar-refractivity contribution in [2.45, 2.75) is 30.0 Å². The number of likely N-dealkylation sites (tertiary alicyclic amines) is 1. The van der Waals surface area contributed by atoms with E-state index in [1.807, 2.05) is 91.0 Å². The molecule has 2 fully saturated rings. The molecule has 14 nitrogen and oxygen atoms in total. The van der Waals surface area contributed by atoms with Crippen LogP contribution in [-0.2, 0) is 36.2 Å². The SMILES string of the molecule is Nc1nc(/C(=N/OC(c2ccccc2)(c2ccccc2)c2ccccc2)C(=O)N[C@@H]2C(=O)N3C(C(=O)O)=C(/C=C4\CCN(Cc5ccc(C(=O)O)cc5)C4=O)CS[C@H]23)cs1. The number of thiazole rings is 1. The number of aromatic carboxylic acids is 1. The Morgan fingerprint density at radius 3 is 2.02 bits per heavy atom. The lowest BCUT2D eigenvalue weighted by Gasteiger charge is -2.49. The van der Waals surface area contributed by atoms with E-state index >= 15 is 0 Å². The van der Waals surface area contributed by atoms with Crippen molar-refractivity contribution < 1.29 is 39.0 Å². The fraction of sp³-hybridized carbons (Fsp3) is 0.159. The molecular weight excluding hydrogens is 805 g/mol. The van der Waals surface area contributed by atoms with Gasteiger partial charge in [0.15, 0.2) is 10.8 Å². The maximum atomic E-state index is 14.3. The van der Waals surface area contributed by atoms with Crippen molar-refractivity contribution in [3.05, 3.63) is 177 Å². The van der Waals surface area contributed by atoms with Crippen LogP contribution in [0.15, 0.2) is 149 Å². The number of allylic oxidation sites excluding steroid dienone is 1. The highest BCUT2D eigenvalue weighted by Crippen LogP contribution is 2.43. The minimum absolute atomic E-state index is 0.116. The number of nitrogens with two attached hydrogens (primary N) is 1. The molecule has 5 aromatic rings. The number of aromatic nitrogens is 1. The van der Waals surface area contributed by atoms with Crippen LogP contribution in [0.3, 0.4) is 0 Å². The maximum absolute atomic E-state index is 14.3. The number of amides is 3. The molecule has 4 aromatic carbocycles. The van der Waals surface area contributed by atoms with E-state index in [1.165, 1.54) is 30.0 Å². The number of carbonyl (C=O) groups is 5. The first-order valence-electron chi connectivity index (χ1n) is 18.7. The third-order valence-electron chi connectivity index (χ3n) is 10.4. The average Bonchev–Trinajstić information content (AvgIpc) is 3.85. The van der Waals surface area contributed by atoms with Crippen molar-refractivity contribution in [1.29, 1.82) is 0 Å². The van der Waals surface area contributed by atoms with Gasteiger partial charge in [-0.3, -0.25) is 19.3 Å². The van der Waals surface area contributed by atoms with Crippen molar-refractivity contribution in [2.24, 2.45) is 5.16 Å². The summed E-state index contributed by atoms with van der Waals surface area (Å²) in [6.07, 6.45) is 1.89. The Hall–Kier alpha value is -7.04. The largest absolute Gasteiger partial charge is 0.478 e.